The summed E-state index contributed by atoms with van der Waals surface area (Å²) in [6, 6.07) is 0. The van der Waals surface area contributed by atoms with Crippen molar-refractivity contribution in [1.82, 2.24) is 10.4 Å². The standard InChI is InChI=1S/C4H11N2O4P.ClH.3Na.3H/c7-11(8,9)10-6-3-1-5-2-4-6;;;;;;;/h5H,1-4H2,(H2,7,8,9);1H;;;;;;/q;;3*+1;3*-1. The van der Waals surface area contributed by atoms with E-state index in [0.717, 1.165) is 0 Å². The largest absolute Gasteiger partial charge is 1.00 e. The summed E-state index contributed by atoms with van der Waals surface area (Å²) in [6.07, 6.45) is 0. The average Bonchev–Trinajstić information content (AvgIpc) is 1.85. The van der Waals surface area contributed by atoms with E-state index < -0.39 is 7.82 Å². The molecule has 15 heavy (non-hydrogen) atoms. The molecular weight excluding hydrogens is 275 g/mol. The van der Waals surface area contributed by atoms with Gasteiger partial charge in [0, 0.05) is 26.2 Å². The molecule has 0 spiro atoms. The Morgan fingerprint density at radius 2 is 1.60 bits per heavy atom. The van der Waals surface area contributed by atoms with Crippen LogP contribution >= 0.6 is 20.2 Å². The van der Waals surface area contributed by atoms with Gasteiger partial charge in [-0.2, -0.15) is 9.69 Å². The second-order valence-corrected chi connectivity index (χ2v) is 3.40. The second kappa shape index (κ2) is 13.7. The molecule has 0 atom stereocenters. The van der Waals surface area contributed by atoms with Crippen LogP contribution in [0.4, 0.5) is 0 Å². The van der Waals surface area contributed by atoms with Crippen LogP contribution in [0.3, 0.4) is 0 Å². The van der Waals surface area contributed by atoms with Crippen molar-refractivity contribution in [2.45, 2.75) is 0 Å². The van der Waals surface area contributed by atoms with Crippen LogP contribution in [0.15, 0.2) is 0 Å². The Morgan fingerprint density at radius 3 is 1.93 bits per heavy atom. The smallest absolute Gasteiger partial charge is 1.00 e. The van der Waals surface area contributed by atoms with Crippen molar-refractivity contribution in [1.29, 1.82) is 0 Å². The minimum atomic E-state index is -4.34. The monoisotopic (exact) mass is 290 g/mol. The zero-order valence-corrected chi connectivity index (χ0v) is 17.1. The van der Waals surface area contributed by atoms with Gasteiger partial charge in [-0.1, -0.05) is 0 Å². The maximum Gasteiger partial charge on any atom is 1.00 e. The Morgan fingerprint density at radius 1 is 1.20 bits per heavy atom. The van der Waals surface area contributed by atoms with E-state index in [1.54, 1.807) is 0 Å². The van der Waals surface area contributed by atoms with Crippen LogP contribution in [0.2, 0.25) is 0 Å². The molecule has 80 valence electrons. The third kappa shape index (κ3) is 15.3. The molecule has 0 aliphatic carbocycles. The van der Waals surface area contributed by atoms with Crippen molar-refractivity contribution >= 4 is 20.2 Å². The van der Waals surface area contributed by atoms with E-state index in [0.29, 0.717) is 26.2 Å². The molecule has 0 radical (unpaired) electrons. The fourth-order valence-corrected chi connectivity index (χ4v) is 1.34. The van der Waals surface area contributed by atoms with E-state index in [1.807, 2.05) is 0 Å². The van der Waals surface area contributed by atoms with Crippen molar-refractivity contribution in [2.75, 3.05) is 26.2 Å². The molecule has 1 aliphatic rings. The van der Waals surface area contributed by atoms with Crippen LogP contribution in [0, 0.1) is 0 Å². The molecule has 1 rings (SSSR count). The first-order valence-corrected chi connectivity index (χ1v) is 4.82. The van der Waals surface area contributed by atoms with Gasteiger partial charge in [0.15, 0.2) is 0 Å². The number of phosphoric acid groups is 1. The second-order valence-electron chi connectivity index (χ2n) is 2.25. The maximum atomic E-state index is 10.3. The molecule has 11 heteroatoms. The van der Waals surface area contributed by atoms with E-state index in [2.05, 4.69) is 9.94 Å². The number of nitrogens with one attached hydrogen (secondary N) is 1. The predicted octanol–water partition coefficient (Wildman–Crippen LogP) is -9.31. The van der Waals surface area contributed by atoms with Crippen LogP contribution < -0.4 is 94.0 Å². The summed E-state index contributed by atoms with van der Waals surface area (Å²) in [6.45, 7) is 2.40. The van der Waals surface area contributed by atoms with Crippen LogP contribution in [0.5, 0.6) is 0 Å². The zero-order valence-electron chi connectivity index (χ0n) is 12.3. The number of rotatable bonds is 2. The summed E-state index contributed by atoms with van der Waals surface area (Å²) >= 11 is 0. The van der Waals surface area contributed by atoms with E-state index in [9.17, 15) is 4.57 Å². The first kappa shape index (κ1) is 26.8. The molecule has 0 bridgehead atoms. The van der Waals surface area contributed by atoms with Gasteiger partial charge in [0.1, 0.15) is 0 Å². The van der Waals surface area contributed by atoms with Gasteiger partial charge in [-0.25, -0.2) is 4.57 Å². The zero-order chi connectivity index (χ0) is 8.32. The molecule has 1 fully saturated rings. The normalized spacial score (nSPS) is 16.1. The van der Waals surface area contributed by atoms with Crippen molar-refractivity contribution in [3.8, 4) is 0 Å². The Kier molecular flexibility index (Phi) is 24.6. The minimum Gasteiger partial charge on any atom is -1.00 e. The van der Waals surface area contributed by atoms with Gasteiger partial charge in [0.2, 0.25) is 0 Å². The van der Waals surface area contributed by atoms with E-state index in [1.165, 1.54) is 5.06 Å². The predicted molar refractivity (Wildman–Crippen MR) is 48.2 cm³/mol. The van der Waals surface area contributed by atoms with Crippen LogP contribution in [-0.2, 0) is 9.19 Å². The van der Waals surface area contributed by atoms with Crippen molar-refractivity contribution < 1.29 is 112 Å². The van der Waals surface area contributed by atoms with Gasteiger partial charge >= 0.3 is 96.5 Å². The summed E-state index contributed by atoms with van der Waals surface area (Å²) in [5.74, 6) is 0. The van der Waals surface area contributed by atoms with Crippen molar-refractivity contribution in [3.05, 3.63) is 0 Å². The molecule has 0 aromatic heterocycles. The molecule has 0 aromatic carbocycles. The maximum absolute atomic E-state index is 10.3. The molecule has 1 heterocycles. The van der Waals surface area contributed by atoms with Crippen molar-refractivity contribution in [2.24, 2.45) is 0 Å². The molecule has 1 aliphatic heterocycles. The number of hydroxylamine groups is 2. The fraction of sp³-hybridized carbons (Fsp3) is 1.00. The number of piperazine rings is 1. The van der Waals surface area contributed by atoms with Gasteiger partial charge in [-0.3, -0.25) is 0 Å². The van der Waals surface area contributed by atoms with E-state index >= 15 is 0 Å². The summed E-state index contributed by atoms with van der Waals surface area (Å²) in [5.41, 5.74) is 0. The molecule has 0 amide bonds. The Hall–Kier alpha value is 3.32. The van der Waals surface area contributed by atoms with Gasteiger partial charge in [-0.15, -0.1) is 12.4 Å². The number of hydrogen-bond acceptors (Lipinski definition) is 4. The SMILES string of the molecule is Cl.O=P(O)(O)ON1CCNCC1.[H-].[H-].[H-].[Na+].[Na+].[Na+]. The summed E-state index contributed by atoms with van der Waals surface area (Å²) in [4.78, 5) is 16.8. The van der Waals surface area contributed by atoms with Crippen LogP contribution in [0.25, 0.3) is 0 Å². The summed E-state index contributed by atoms with van der Waals surface area (Å²) in [7, 11) is -4.34. The van der Waals surface area contributed by atoms with Crippen molar-refractivity contribution in [3.63, 3.8) is 0 Å². The molecular formula is C4H15ClN2Na3O4P. The van der Waals surface area contributed by atoms with Gasteiger partial charge in [-0.05, 0) is 0 Å². The third-order valence-corrected chi connectivity index (χ3v) is 1.74. The number of hydrogen-bond donors (Lipinski definition) is 3. The quantitative estimate of drug-likeness (QED) is 0.346. The van der Waals surface area contributed by atoms with Gasteiger partial charge < -0.3 is 19.4 Å². The van der Waals surface area contributed by atoms with Crippen LogP contribution in [-0.4, -0.2) is 41.0 Å². The number of nitrogens with zero attached hydrogens (tertiary/aromatic N) is 1. The molecule has 0 unspecified atom stereocenters. The average molecular weight is 291 g/mol. The third-order valence-electron chi connectivity index (χ3n) is 1.30. The molecule has 3 N–H and O–H groups in total. The van der Waals surface area contributed by atoms with E-state index in [4.69, 9.17) is 9.79 Å². The van der Waals surface area contributed by atoms with Gasteiger partial charge in [0.05, 0.1) is 0 Å². The van der Waals surface area contributed by atoms with Gasteiger partial charge in [0.25, 0.3) is 0 Å². The molecule has 0 aromatic rings. The minimum absolute atomic E-state index is 0. The van der Waals surface area contributed by atoms with Crippen LogP contribution in [0.1, 0.15) is 4.28 Å². The first-order chi connectivity index (χ1) is 5.08. The first-order valence-electron chi connectivity index (χ1n) is 3.29. The topological polar surface area (TPSA) is 82.0 Å². The molecule has 6 nitrogen and oxygen atoms in total. The van der Waals surface area contributed by atoms with E-state index in [-0.39, 0.29) is 105 Å². The molecule has 0 saturated carbocycles. The number of halogens is 1. The fourth-order valence-electron chi connectivity index (χ4n) is 0.876. The Labute approximate surface area is 166 Å². The molecule has 1 saturated heterocycles. The summed E-state index contributed by atoms with van der Waals surface area (Å²) < 4.78 is 14.6. The summed E-state index contributed by atoms with van der Waals surface area (Å²) in [5, 5.41) is 4.30. The Balaban J connectivity index is -0.0000000346. The Bertz CT molecular complexity index is 191.